The topological polar surface area (TPSA) is 72.1 Å². The lowest BCUT2D eigenvalue weighted by molar-refractivity contribution is -0.131. The molecule has 1 N–H and O–H groups in total. The molecular weight excluding hydrogens is 310 g/mol. The van der Waals surface area contributed by atoms with Crippen LogP contribution in [0.25, 0.3) is 0 Å². The molecule has 0 saturated carbocycles. The van der Waals surface area contributed by atoms with Crippen molar-refractivity contribution < 1.29 is 23.8 Å². The minimum atomic E-state index is -0.803. The fourth-order valence-electron chi connectivity index (χ4n) is 2.40. The Balaban J connectivity index is 1.92. The van der Waals surface area contributed by atoms with Crippen molar-refractivity contribution in [1.29, 1.82) is 0 Å². The van der Waals surface area contributed by atoms with Gasteiger partial charge in [0, 0.05) is 19.9 Å². The first kappa shape index (κ1) is 17.9. The molecule has 1 atom stereocenters. The molecule has 0 aliphatic carbocycles. The van der Waals surface area contributed by atoms with Gasteiger partial charge in [-0.15, -0.1) is 0 Å². The van der Waals surface area contributed by atoms with Crippen LogP contribution in [0, 0.1) is 0 Å². The predicted octanol–water partition coefficient (Wildman–Crippen LogP) is 2.42. The molecule has 0 bridgehead atoms. The number of carbonyl (C=O) groups is 1. The van der Waals surface area contributed by atoms with Crippen LogP contribution in [-0.4, -0.2) is 43.7 Å². The van der Waals surface area contributed by atoms with E-state index in [-0.39, 0.29) is 12.5 Å². The molecule has 0 aliphatic rings. The number of aliphatic hydroxyl groups excluding tert-OH is 1. The number of hydrogen-bond donors (Lipinski definition) is 1. The number of ether oxygens (including phenoxy) is 2. The Labute approximate surface area is 141 Å². The zero-order valence-corrected chi connectivity index (χ0v) is 14.2. The highest BCUT2D eigenvalue weighted by atomic mass is 16.5. The number of carbonyl (C=O) groups excluding carboxylic acids is 1. The van der Waals surface area contributed by atoms with Crippen molar-refractivity contribution in [2.24, 2.45) is 0 Å². The number of furan rings is 1. The van der Waals surface area contributed by atoms with Crippen LogP contribution in [0.3, 0.4) is 0 Å². The van der Waals surface area contributed by atoms with Crippen LogP contribution in [-0.2, 0) is 11.2 Å². The van der Waals surface area contributed by atoms with Crippen molar-refractivity contribution in [3.63, 3.8) is 0 Å². The minimum absolute atomic E-state index is 0.0501. The summed E-state index contributed by atoms with van der Waals surface area (Å²) in [5.41, 5.74) is 0.665. The SMILES string of the molecule is COc1ccc(C(O)CN(C)C(=O)CCc2ccco2)cc1OC. The number of aliphatic hydroxyl groups is 1. The van der Waals surface area contributed by atoms with Gasteiger partial charge in [-0.3, -0.25) is 4.79 Å². The summed E-state index contributed by atoms with van der Waals surface area (Å²) in [5, 5.41) is 10.4. The van der Waals surface area contributed by atoms with Gasteiger partial charge in [0.2, 0.25) is 5.91 Å². The zero-order chi connectivity index (χ0) is 17.5. The van der Waals surface area contributed by atoms with Gasteiger partial charge in [-0.25, -0.2) is 0 Å². The first-order chi connectivity index (χ1) is 11.5. The van der Waals surface area contributed by atoms with Crippen LogP contribution in [0.4, 0.5) is 0 Å². The second kappa shape index (κ2) is 8.40. The molecule has 0 fully saturated rings. The molecule has 0 radical (unpaired) electrons. The molecule has 1 amide bonds. The molecule has 1 heterocycles. The molecule has 2 rings (SSSR count). The van der Waals surface area contributed by atoms with Gasteiger partial charge in [0.25, 0.3) is 0 Å². The van der Waals surface area contributed by atoms with Crippen molar-refractivity contribution in [3.8, 4) is 11.5 Å². The molecule has 6 nitrogen and oxygen atoms in total. The molecule has 130 valence electrons. The summed E-state index contributed by atoms with van der Waals surface area (Å²) in [4.78, 5) is 13.7. The van der Waals surface area contributed by atoms with Crippen molar-refractivity contribution in [1.82, 2.24) is 4.90 Å². The number of hydrogen-bond acceptors (Lipinski definition) is 5. The smallest absolute Gasteiger partial charge is 0.222 e. The molecule has 24 heavy (non-hydrogen) atoms. The van der Waals surface area contributed by atoms with Crippen LogP contribution >= 0.6 is 0 Å². The third-order valence-electron chi connectivity index (χ3n) is 3.83. The average molecular weight is 333 g/mol. The second-order valence-electron chi connectivity index (χ2n) is 5.48. The van der Waals surface area contributed by atoms with E-state index in [4.69, 9.17) is 13.9 Å². The number of amides is 1. The summed E-state index contributed by atoms with van der Waals surface area (Å²) in [6.45, 7) is 0.201. The summed E-state index contributed by atoms with van der Waals surface area (Å²) in [6, 6.07) is 8.84. The molecule has 0 aliphatic heterocycles. The number of nitrogens with zero attached hydrogens (tertiary/aromatic N) is 1. The standard InChI is InChI=1S/C18H23NO5/c1-19(18(21)9-7-14-5-4-10-24-14)12-15(20)13-6-8-16(22-2)17(11-13)23-3/h4-6,8,10-11,15,20H,7,9,12H2,1-3H3. The van der Waals surface area contributed by atoms with E-state index in [1.165, 1.54) is 12.0 Å². The summed E-state index contributed by atoms with van der Waals surface area (Å²) < 4.78 is 15.6. The van der Waals surface area contributed by atoms with Gasteiger partial charge >= 0.3 is 0 Å². The van der Waals surface area contributed by atoms with Crippen LogP contribution in [0.2, 0.25) is 0 Å². The molecule has 0 saturated heterocycles. The Bertz CT molecular complexity index is 653. The largest absolute Gasteiger partial charge is 0.493 e. The highest BCUT2D eigenvalue weighted by molar-refractivity contribution is 5.76. The predicted molar refractivity (Wildman–Crippen MR) is 89.2 cm³/mol. The second-order valence-corrected chi connectivity index (χ2v) is 5.48. The summed E-state index contributed by atoms with van der Waals surface area (Å²) in [6.07, 6.45) is 1.66. The van der Waals surface area contributed by atoms with Crippen molar-refractivity contribution in [3.05, 3.63) is 47.9 Å². The van der Waals surface area contributed by atoms with E-state index in [0.29, 0.717) is 29.9 Å². The molecule has 1 unspecified atom stereocenters. The number of likely N-dealkylation sites (N-methyl/N-ethyl adjacent to an activating group) is 1. The maximum atomic E-state index is 12.2. The summed E-state index contributed by atoms with van der Waals surface area (Å²) >= 11 is 0. The van der Waals surface area contributed by atoms with Gasteiger partial charge in [0.05, 0.1) is 33.1 Å². The van der Waals surface area contributed by atoms with Crippen LogP contribution < -0.4 is 9.47 Å². The normalized spacial score (nSPS) is 11.8. The van der Waals surface area contributed by atoms with E-state index in [9.17, 15) is 9.90 Å². The molecule has 6 heteroatoms. The van der Waals surface area contributed by atoms with Crippen LogP contribution in [0.15, 0.2) is 41.0 Å². The van der Waals surface area contributed by atoms with E-state index in [2.05, 4.69) is 0 Å². The summed E-state index contributed by atoms with van der Waals surface area (Å²) in [5.74, 6) is 1.86. The third kappa shape index (κ3) is 4.52. The van der Waals surface area contributed by atoms with E-state index in [1.807, 2.05) is 6.07 Å². The van der Waals surface area contributed by atoms with Crippen LogP contribution in [0.1, 0.15) is 23.8 Å². The number of rotatable bonds is 8. The molecular formula is C18H23NO5. The maximum Gasteiger partial charge on any atom is 0.222 e. The highest BCUT2D eigenvalue weighted by Gasteiger charge is 2.17. The molecule has 0 spiro atoms. The molecule has 1 aromatic carbocycles. The Kier molecular flexibility index (Phi) is 6.26. The lowest BCUT2D eigenvalue weighted by atomic mass is 10.1. The van der Waals surface area contributed by atoms with Gasteiger partial charge in [-0.05, 0) is 29.8 Å². The fourth-order valence-corrected chi connectivity index (χ4v) is 2.40. The number of methoxy groups -OCH3 is 2. The maximum absolute atomic E-state index is 12.2. The van der Waals surface area contributed by atoms with Gasteiger partial charge in [-0.1, -0.05) is 6.07 Å². The Morgan fingerprint density at radius 1 is 1.25 bits per heavy atom. The first-order valence-corrected chi connectivity index (χ1v) is 7.71. The third-order valence-corrected chi connectivity index (χ3v) is 3.83. The number of benzene rings is 1. The van der Waals surface area contributed by atoms with E-state index in [0.717, 1.165) is 5.76 Å². The monoisotopic (exact) mass is 333 g/mol. The van der Waals surface area contributed by atoms with E-state index in [1.54, 1.807) is 44.7 Å². The van der Waals surface area contributed by atoms with E-state index < -0.39 is 6.10 Å². The summed E-state index contributed by atoms with van der Waals surface area (Å²) in [7, 11) is 4.77. The van der Waals surface area contributed by atoms with E-state index >= 15 is 0 Å². The fraction of sp³-hybridized carbons (Fsp3) is 0.389. The lowest BCUT2D eigenvalue weighted by Gasteiger charge is -2.21. The lowest BCUT2D eigenvalue weighted by Crippen LogP contribution is -2.31. The van der Waals surface area contributed by atoms with Crippen LogP contribution in [0.5, 0.6) is 11.5 Å². The molecule has 1 aromatic heterocycles. The average Bonchev–Trinajstić information content (AvgIpc) is 3.12. The van der Waals surface area contributed by atoms with Crippen molar-refractivity contribution in [2.45, 2.75) is 18.9 Å². The Morgan fingerprint density at radius 2 is 2.00 bits per heavy atom. The van der Waals surface area contributed by atoms with Gasteiger partial charge in [0.15, 0.2) is 11.5 Å². The minimum Gasteiger partial charge on any atom is -0.493 e. The first-order valence-electron chi connectivity index (χ1n) is 7.71. The Morgan fingerprint density at radius 3 is 2.62 bits per heavy atom. The molecule has 2 aromatic rings. The Hall–Kier alpha value is -2.47. The van der Waals surface area contributed by atoms with Gasteiger partial charge in [0.1, 0.15) is 5.76 Å². The quantitative estimate of drug-likeness (QED) is 0.803. The van der Waals surface area contributed by atoms with Crippen molar-refractivity contribution in [2.75, 3.05) is 27.8 Å². The zero-order valence-electron chi connectivity index (χ0n) is 14.2. The van der Waals surface area contributed by atoms with Crippen molar-refractivity contribution >= 4 is 5.91 Å². The van der Waals surface area contributed by atoms with Gasteiger partial charge in [-0.2, -0.15) is 0 Å². The van der Waals surface area contributed by atoms with Gasteiger partial charge < -0.3 is 23.9 Å². The number of aryl methyl sites for hydroxylation is 1. The highest BCUT2D eigenvalue weighted by Crippen LogP contribution is 2.30.